The van der Waals surface area contributed by atoms with Gasteiger partial charge in [0.15, 0.2) is 0 Å². The molecule has 0 saturated carbocycles. The third-order valence-corrected chi connectivity index (χ3v) is 5.27. The van der Waals surface area contributed by atoms with Crippen LogP contribution in [0.4, 0.5) is 5.82 Å². The summed E-state index contributed by atoms with van der Waals surface area (Å²) in [4.78, 5) is 34.0. The number of pyridine rings is 1. The van der Waals surface area contributed by atoms with E-state index in [9.17, 15) is 9.59 Å². The summed E-state index contributed by atoms with van der Waals surface area (Å²) in [7, 11) is 1.74. The van der Waals surface area contributed by atoms with Gasteiger partial charge in [-0.25, -0.2) is 4.98 Å². The van der Waals surface area contributed by atoms with Crippen LogP contribution in [0.25, 0.3) is 0 Å². The summed E-state index contributed by atoms with van der Waals surface area (Å²) in [6, 6.07) is 3.80. The van der Waals surface area contributed by atoms with Crippen LogP contribution >= 0.6 is 0 Å². The number of anilines is 1. The second-order valence-electron chi connectivity index (χ2n) is 7.64. The summed E-state index contributed by atoms with van der Waals surface area (Å²) in [5.41, 5.74) is 0.582. The van der Waals surface area contributed by atoms with Crippen molar-refractivity contribution in [3.63, 3.8) is 0 Å². The molecular formula is C20H30N4O4. The van der Waals surface area contributed by atoms with Crippen LogP contribution in [0.2, 0.25) is 0 Å². The molecular weight excluding hydrogens is 360 g/mol. The summed E-state index contributed by atoms with van der Waals surface area (Å²) in [6.45, 7) is 3.92. The maximum atomic E-state index is 12.9. The molecule has 1 N–H and O–H groups in total. The number of carbonyl (C=O) groups is 2. The minimum atomic E-state index is -0.873. The largest absolute Gasteiger partial charge is 0.480 e. The van der Waals surface area contributed by atoms with Gasteiger partial charge >= 0.3 is 5.97 Å². The molecule has 0 bridgehead atoms. The van der Waals surface area contributed by atoms with Crippen molar-refractivity contribution < 1.29 is 19.4 Å². The van der Waals surface area contributed by atoms with Gasteiger partial charge < -0.3 is 19.6 Å². The van der Waals surface area contributed by atoms with Gasteiger partial charge in [-0.3, -0.25) is 14.5 Å². The molecule has 3 rings (SSSR count). The van der Waals surface area contributed by atoms with Crippen molar-refractivity contribution >= 4 is 17.7 Å². The normalized spacial score (nSPS) is 20.9. The lowest BCUT2D eigenvalue weighted by atomic mass is 10.2. The van der Waals surface area contributed by atoms with Gasteiger partial charge in [-0.15, -0.1) is 0 Å². The third-order valence-electron chi connectivity index (χ3n) is 5.27. The molecule has 0 spiro atoms. The van der Waals surface area contributed by atoms with Crippen molar-refractivity contribution in [1.82, 2.24) is 14.8 Å². The molecule has 28 heavy (non-hydrogen) atoms. The van der Waals surface area contributed by atoms with E-state index in [-0.39, 0.29) is 18.6 Å². The molecule has 2 fully saturated rings. The van der Waals surface area contributed by atoms with E-state index in [0.717, 1.165) is 18.9 Å². The van der Waals surface area contributed by atoms with E-state index < -0.39 is 5.97 Å². The molecule has 3 heterocycles. The highest BCUT2D eigenvalue weighted by Gasteiger charge is 2.26. The Kier molecular flexibility index (Phi) is 7.22. The van der Waals surface area contributed by atoms with Gasteiger partial charge in [-0.1, -0.05) is 12.8 Å². The predicted molar refractivity (Wildman–Crippen MR) is 106 cm³/mol. The molecule has 0 aliphatic carbocycles. The molecule has 2 aliphatic heterocycles. The second kappa shape index (κ2) is 9.84. The minimum Gasteiger partial charge on any atom is -0.480 e. The standard InChI is InChI=1S/C20H30N4O4/c1-22(15-19(25)26)13-17-14-24(10-11-28-17)20(27)16-6-7-18(21-12-16)23-8-4-2-3-5-9-23/h6-7,12,17H,2-5,8-11,13-15H2,1H3,(H,25,26). The molecule has 8 nitrogen and oxygen atoms in total. The Morgan fingerprint density at radius 2 is 1.96 bits per heavy atom. The van der Waals surface area contributed by atoms with E-state index in [0.29, 0.717) is 31.8 Å². The minimum absolute atomic E-state index is 0.0459. The number of nitrogens with zero attached hydrogens (tertiary/aromatic N) is 4. The Morgan fingerprint density at radius 3 is 2.61 bits per heavy atom. The lowest BCUT2D eigenvalue weighted by molar-refractivity contribution is -0.138. The van der Waals surface area contributed by atoms with Gasteiger partial charge in [0.25, 0.3) is 5.91 Å². The van der Waals surface area contributed by atoms with E-state index >= 15 is 0 Å². The van der Waals surface area contributed by atoms with E-state index in [4.69, 9.17) is 9.84 Å². The zero-order valence-corrected chi connectivity index (χ0v) is 16.5. The van der Waals surface area contributed by atoms with Crippen LogP contribution in [0.3, 0.4) is 0 Å². The highest BCUT2D eigenvalue weighted by Crippen LogP contribution is 2.18. The topological polar surface area (TPSA) is 86.2 Å². The fourth-order valence-corrected chi connectivity index (χ4v) is 3.84. The summed E-state index contributed by atoms with van der Waals surface area (Å²) < 4.78 is 5.71. The van der Waals surface area contributed by atoms with Gasteiger partial charge in [0.05, 0.1) is 24.8 Å². The number of rotatable bonds is 6. The number of aliphatic carboxylic acids is 1. The van der Waals surface area contributed by atoms with Crippen LogP contribution in [0, 0.1) is 0 Å². The van der Waals surface area contributed by atoms with E-state index in [1.165, 1.54) is 25.7 Å². The number of carbonyl (C=O) groups excluding carboxylic acids is 1. The summed E-state index contributed by atoms with van der Waals surface area (Å²) in [6.07, 6.45) is 6.40. The number of hydrogen-bond acceptors (Lipinski definition) is 6. The molecule has 154 valence electrons. The third kappa shape index (κ3) is 5.65. The average Bonchev–Trinajstić information content (AvgIpc) is 2.96. The number of hydrogen-bond donors (Lipinski definition) is 1. The Labute approximate surface area is 166 Å². The molecule has 0 aromatic carbocycles. The molecule has 8 heteroatoms. The lowest BCUT2D eigenvalue weighted by Gasteiger charge is -2.34. The van der Waals surface area contributed by atoms with Crippen LogP contribution in [0.15, 0.2) is 18.3 Å². The summed E-state index contributed by atoms with van der Waals surface area (Å²) >= 11 is 0. The van der Waals surface area contributed by atoms with Crippen molar-refractivity contribution in [3.8, 4) is 0 Å². The number of carboxylic acid groups (broad SMARTS) is 1. The Bertz CT molecular complexity index is 659. The van der Waals surface area contributed by atoms with Gasteiger partial charge in [-0.2, -0.15) is 0 Å². The molecule has 2 aliphatic rings. The van der Waals surface area contributed by atoms with Crippen molar-refractivity contribution in [2.75, 3.05) is 57.8 Å². The van der Waals surface area contributed by atoms with Crippen LogP contribution in [-0.4, -0.2) is 90.8 Å². The number of morpholine rings is 1. The highest BCUT2D eigenvalue weighted by atomic mass is 16.5. The Balaban J connectivity index is 1.57. The smallest absolute Gasteiger partial charge is 0.317 e. The van der Waals surface area contributed by atoms with Crippen molar-refractivity contribution in [1.29, 1.82) is 0 Å². The van der Waals surface area contributed by atoms with Crippen molar-refractivity contribution in [3.05, 3.63) is 23.9 Å². The van der Waals surface area contributed by atoms with Crippen molar-refractivity contribution in [2.45, 2.75) is 31.8 Å². The van der Waals surface area contributed by atoms with Crippen LogP contribution in [0.1, 0.15) is 36.0 Å². The van der Waals surface area contributed by atoms with E-state index in [1.54, 1.807) is 23.0 Å². The summed E-state index contributed by atoms with van der Waals surface area (Å²) in [5, 5.41) is 8.88. The number of carboxylic acids is 1. The lowest BCUT2D eigenvalue weighted by Crippen LogP contribution is -2.49. The predicted octanol–water partition coefficient (Wildman–Crippen LogP) is 1.32. The molecule has 1 atom stereocenters. The zero-order chi connectivity index (χ0) is 19.9. The molecule has 1 aromatic heterocycles. The van der Waals surface area contributed by atoms with Gasteiger partial charge in [-0.05, 0) is 32.0 Å². The Morgan fingerprint density at radius 1 is 1.21 bits per heavy atom. The number of aromatic nitrogens is 1. The van der Waals surface area contributed by atoms with E-state index in [1.807, 2.05) is 12.1 Å². The monoisotopic (exact) mass is 390 g/mol. The molecule has 0 radical (unpaired) electrons. The van der Waals surface area contributed by atoms with Gasteiger partial charge in [0, 0.05) is 38.9 Å². The number of likely N-dealkylation sites (N-methyl/N-ethyl adjacent to an activating group) is 1. The van der Waals surface area contributed by atoms with Gasteiger partial charge in [0.1, 0.15) is 5.82 Å². The fraction of sp³-hybridized carbons (Fsp3) is 0.650. The molecule has 1 unspecified atom stereocenters. The van der Waals surface area contributed by atoms with Crippen molar-refractivity contribution in [2.24, 2.45) is 0 Å². The van der Waals surface area contributed by atoms with Crippen LogP contribution < -0.4 is 4.90 Å². The highest BCUT2D eigenvalue weighted by molar-refractivity contribution is 5.94. The SMILES string of the molecule is CN(CC(=O)O)CC1CN(C(=O)c2ccc(N3CCCCCC3)nc2)CCO1. The maximum Gasteiger partial charge on any atom is 0.317 e. The fourth-order valence-electron chi connectivity index (χ4n) is 3.84. The number of ether oxygens (including phenoxy) is 1. The molecule has 1 amide bonds. The first-order valence-corrected chi connectivity index (χ1v) is 10.0. The first-order valence-electron chi connectivity index (χ1n) is 10.0. The zero-order valence-electron chi connectivity index (χ0n) is 16.5. The molecule has 2 saturated heterocycles. The first-order chi connectivity index (χ1) is 13.5. The maximum absolute atomic E-state index is 12.9. The van der Waals surface area contributed by atoms with E-state index in [2.05, 4.69) is 9.88 Å². The molecule has 1 aromatic rings. The first kappa shape index (κ1) is 20.5. The van der Waals surface area contributed by atoms with Gasteiger partial charge in [0.2, 0.25) is 0 Å². The van der Waals surface area contributed by atoms with Crippen LogP contribution in [0.5, 0.6) is 0 Å². The van der Waals surface area contributed by atoms with Crippen LogP contribution in [-0.2, 0) is 9.53 Å². The Hall–Kier alpha value is -2.19. The number of amides is 1. The average molecular weight is 390 g/mol. The second-order valence-corrected chi connectivity index (χ2v) is 7.64. The quantitative estimate of drug-likeness (QED) is 0.784. The summed E-state index contributed by atoms with van der Waals surface area (Å²) in [5.74, 6) is 0.0134.